The Morgan fingerprint density at radius 1 is 1.35 bits per heavy atom. The van der Waals surface area contributed by atoms with Crippen LogP contribution in [0.3, 0.4) is 0 Å². The van der Waals surface area contributed by atoms with Crippen molar-refractivity contribution in [1.29, 1.82) is 0 Å². The Labute approximate surface area is 106 Å². The number of sulfonamides is 1. The molecule has 1 rings (SSSR count). The van der Waals surface area contributed by atoms with E-state index in [4.69, 9.17) is 0 Å². The van der Waals surface area contributed by atoms with Crippen molar-refractivity contribution in [3.63, 3.8) is 0 Å². The molecule has 0 aliphatic carbocycles. The largest absolute Gasteiger partial charge is 0.315 e. The van der Waals surface area contributed by atoms with Gasteiger partial charge in [-0.15, -0.1) is 0 Å². The summed E-state index contributed by atoms with van der Waals surface area (Å²) in [6.45, 7) is 11.2. The third kappa shape index (κ3) is 4.94. The molecule has 0 atom stereocenters. The van der Waals surface area contributed by atoms with E-state index < -0.39 is 10.0 Å². The molecule has 4 nitrogen and oxygen atoms in total. The highest BCUT2D eigenvalue weighted by atomic mass is 32.2. The van der Waals surface area contributed by atoms with E-state index in [1.54, 1.807) is 4.31 Å². The number of nitrogens with zero attached hydrogens (tertiary/aromatic N) is 1. The molecule has 1 N–H and O–H groups in total. The zero-order valence-corrected chi connectivity index (χ0v) is 12.3. The van der Waals surface area contributed by atoms with Gasteiger partial charge in [-0.1, -0.05) is 27.7 Å². The van der Waals surface area contributed by atoms with Gasteiger partial charge in [-0.3, -0.25) is 0 Å². The molecule has 0 amide bonds. The van der Waals surface area contributed by atoms with E-state index in [9.17, 15) is 8.42 Å². The minimum absolute atomic E-state index is 0.00443. The van der Waals surface area contributed by atoms with E-state index in [0.717, 1.165) is 13.0 Å². The number of nitrogens with one attached hydrogen (secondary N) is 1. The maximum absolute atomic E-state index is 12.1. The Bertz CT molecular complexity index is 336. The van der Waals surface area contributed by atoms with Crippen molar-refractivity contribution < 1.29 is 8.42 Å². The molecular weight excluding hydrogens is 236 g/mol. The summed E-state index contributed by atoms with van der Waals surface area (Å²) in [6, 6.07) is 0. The van der Waals surface area contributed by atoms with Gasteiger partial charge in [0.05, 0.1) is 5.75 Å². The van der Waals surface area contributed by atoms with Gasteiger partial charge in [0.2, 0.25) is 10.0 Å². The second-order valence-electron chi connectivity index (χ2n) is 6.17. The average molecular weight is 262 g/mol. The van der Waals surface area contributed by atoms with Gasteiger partial charge in [0.15, 0.2) is 0 Å². The molecule has 102 valence electrons. The molecule has 0 unspecified atom stereocenters. The van der Waals surface area contributed by atoms with Crippen LogP contribution in [-0.2, 0) is 10.0 Å². The van der Waals surface area contributed by atoms with Crippen molar-refractivity contribution in [3.8, 4) is 0 Å². The van der Waals surface area contributed by atoms with Crippen LogP contribution in [0.2, 0.25) is 0 Å². The highest BCUT2D eigenvalue weighted by Gasteiger charge is 2.31. The molecule has 5 heteroatoms. The molecule has 1 aliphatic rings. The Hall–Kier alpha value is -0.130. The molecule has 1 saturated heterocycles. The first kappa shape index (κ1) is 14.9. The van der Waals surface area contributed by atoms with Crippen molar-refractivity contribution in [2.75, 3.05) is 31.9 Å². The SMILES string of the molecule is CC(C)CCN1CC(C)(C)CNCCS1(=O)=O. The summed E-state index contributed by atoms with van der Waals surface area (Å²) in [5, 5.41) is 3.21. The van der Waals surface area contributed by atoms with E-state index in [0.29, 0.717) is 25.6 Å². The Balaban J connectivity index is 2.77. The van der Waals surface area contributed by atoms with Crippen LogP contribution in [0.25, 0.3) is 0 Å². The predicted octanol–water partition coefficient (Wildman–Crippen LogP) is 1.29. The normalized spacial score (nSPS) is 25.5. The fourth-order valence-corrected chi connectivity index (χ4v) is 3.60. The molecule has 0 bridgehead atoms. The third-order valence-electron chi connectivity index (χ3n) is 3.09. The van der Waals surface area contributed by atoms with Crippen LogP contribution in [0, 0.1) is 11.3 Å². The van der Waals surface area contributed by atoms with Crippen molar-refractivity contribution in [2.24, 2.45) is 11.3 Å². The monoisotopic (exact) mass is 262 g/mol. The highest BCUT2D eigenvalue weighted by Crippen LogP contribution is 2.21. The van der Waals surface area contributed by atoms with E-state index in [1.165, 1.54) is 0 Å². The minimum atomic E-state index is -3.08. The molecule has 0 spiro atoms. The lowest BCUT2D eigenvalue weighted by molar-refractivity contribution is 0.237. The Kier molecular flexibility index (Phi) is 4.98. The van der Waals surface area contributed by atoms with Crippen LogP contribution >= 0.6 is 0 Å². The third-order valence-corrected chi connectivity index (χ3v) is 4.91. The average Bonchev–Trinajstić information content (AvgIpc) is 2.17. The molecule has 0 saturated carbocycles. The zero-order chi connectivity index (χ0) is 13.1. The van der Waals surface area contributed by atoms with Crippen molar-refractivity contribution in [2.45, 2.75) is 34.1 Å². The molecule has 0 aromatic heterocycles. The molecule has 17 heavy (non-hydrogen) atoms. The van der Waals surface area contributed by atoms with Gasteiger partial charge in [-0.2, -0.15) is 0 Å². The standard InChI is InChI=1S/C12H26N2O2S/c1-11(2)5-7-14-10-12(3,4)9-13-6-8-17(14,15)16/h11,13H,5-10H2,1-4H3. The Morgan fingerprint density at radius 3 is 2.59 bits per heavy atom. The summed E-state index contributed by atoms with van der Waals surface area (Å²) in [4.78, 5) is 0. The lowest BCUT2D eigenvalue weighted by Gasteiger charge is -2.35. The van der Waals surface area contributed by atoms with E-state index >= 15 is 0 Å². The molecule has 0 radical (unpaired) electrons. The zero-order valence-electron chi connectivity index (χ0n) is 11.5. The highest BCUT2D eigenvalue weighted by molar-refractivity contribution is 7.89. The van der Waals surface area contributed by atoms with Crippen LogP contribution in [0.5, 0.6) is 0 Å². The van der Waals surface area contributed by atoms with Crippen LogP contribution in [-0.4, -0.2) is 44.7 Å². The van der Waals surface area contributed by atoms with Gasteiger partial charge in [-0.05, 0) is 17.8 Å². The van der Waals surface area contributed by atoms with E-state index in [-0.39, 0.29) is 11.2 Å². The van der Waals surface area contributed by atoms with Crippen LogP contribution in [0.15, 0.2) is 0 Å². The van der Waals surface area contributed by atoms with Crippen molar-refractivity contribution in [3.05, 3.63) is 0 Å². The molecule has 1 heterocycles. The number of rotatable bonds is 3. The summed E-state index contributed by atoms with van der Waals surface area (Å²) in [5.41, 5.74) is 0.00443. The second-order valence-corrected chi connectivity index (χ2v) is 8.26. The molecule has 1 fully saturated rings. The summed E-state index contributed by atoms with van der Waals surface area (Å²) in [6.07, 6.45) is 0.933. The summed E-state index contributed by atoms with van der Waals surface area (Å²) >= 11 is 0. The summed E-state index contributed by atoms with van der Waals surface area (Å²) in [5.74, 6) is 0.762. The second kappa shape index (κ2) is 5.67. The quantitative estimate of drug-likeness (QED) is 0.834. The topological polar surface area (TPSA) is 49.4 Å². The summed E-state index contributed by atoms with van der Waals surface area (Å²) < 4.78 is 26.0. The summed E-state index contributed by atoms with van der Waals surface area (Å²) in [7, 11) is -3.08. The van der Waals surface area contributed by atoms with Gasteiger partial charge >= 0.3 is 0 Å². The first-order valence-corrected chi connectivity index (χ1v) is 8.02. The number of hydrogen-bond donors (Lipinski definition) is 1. The van der Waals surface area contributed by atoms with Crippen LogP contribution in [0.4, 0.5) is 0 Å². The van der Waals surface area contributed by atoms with Gasteiger partial charge in [-0.25, -0.2) is 12.7 Å². The van der Waals surface area contributed by atoms with Gasteiger partial charge in [0, 0.05) is 26.2 Å². The molecule has 0 aromatic rings. The van der Waals surface area contributed by atoms with Gasteiger partial charge < -0.3 is 5.32 Å². The number of hydrogen-bond acceptors (Lipinski definition) is 3. The smallest absolute Gasteiger partial charge is 0.215 e. The predicted molar refractivity (Wildman–Crippen MR) is 71.5 cm³/mol. The van der Waals surface area contributed by atoms with Gasteiger partial charge in [0.1, 0.15) is 0 Å². The Morgan fingerprint density at radius 2 is 2.00 bits per heavy atom. The van der Waals surface area contributed by atoms with Crippen molar-refractivity contribution >= 4 is 10.0 Å². The lowest BCUT2D eigenvalue weighted by atomic mass is 9.93. The van der Waals surface area contributed by atoms with Gasteiger partial charge in [0.25, 0.3) is 0 Å². The minimum Gasteiger partial charge on any atom is -0.315 e. The van der Waals surface area contributed by atoms with E-state index in [1.807, 2.05) is 0 Å². The fourth-order valence-electron chi connectivity index (χ4n) is 2.01. The maximum Gasteiger partial charge on any atom is 0.215 e. The maximum atomic E-state index is 12.1. The molecule has 0 aromatic carbocycles. The van der Waals surface area contributed by atoms with Crippen LogP contribution < -0.4 is 5.32 Å². The molecule has 1 aliphatic heterocycles. The molecular formula is C12H26N2O2S. The van der Waals surface area contributed by atoms with Crippen molar-refractivity contribution in [1.82, 2.24) is 9.62 Å². The lowest BCUT2D eigenvalue weighted by Crippen LogP contribution is -2.49. The first-order valence-electron chi connectivity index (χ1n) is 6.41. The first-order chi connectivity index (χ1) is 7.73. The fraction of sp³-hybridized carbons (Fsp3) is 1.00. The van der Waals surface area contributed by atoms with Crippen LogP contribution in [0.1, 0.15) is 34.1 Å². The van der Waals surface area contributed by atoms with E-state index in [2.05, 4.69) is 33.0 Å².